The number of carbonyl (C=O) groups is 2. The summed E-state index contributed by atoms with van der Waals surface area (Å²) in [6, 6.07) is 6.25. The lowest BCUT2D eigenvalue weighted by Gasteiger charge is -2.26. The molecule has 2 fully saturated rings. The Bertz CT molecular complexity index is 623. The quantitative estimate of drug-likeness (QED) is 0.860. The van der Waals surface area contributed by atoms with Crippen molar-refractivity contribution in [3.05, 3.63) is 29.3 Å². The normalized spacial score (nSPS) is 24.3. The summed E-state index contributed by atoms with van der Waals surface area (Å²) < 4.78 is 0. The van der Waals surface area contributed by atoms with E-state index in [4.69, 9.17) is 0 Å². The third kappa shape index (κ3) is 2.98. The summed E-state index contributed by atoms with van der Waals surface area (Å²) in [5.74, 6) is -0.617. The number of hydrogen-bond acceptors (Lipinski definition) is 3. The van der Waals surface area contributed by atoms with Crippen molar-refractivity contribution in [1.82, 2.24) is 10.2 Å². The van der Waals surface area contributed by atoms with Gasteiger partial charge < -0.3 is 15.1 Å². The van der Waals surface area contributed by atoms with Gasteiger partial charge in [-0.15, -0.1) is 0 Å². The van der Waals surface area contributed by atoms with E-state index in [9.17, 15) is 9.59 Å². The van der Waals surface area contributed by atoms with Crippen LogP contribution in [-0.4, -0.2) is 49.4 Å². The Labute approximate surface area is 137 Å². The molecule has 0 aromatic heterocycles. The molecule has 5 nitrogen and oxygen atoms in total. The summed E-state index contributed by atoms with van der Waals surface area (Å²) in [5.41, 5.74) is 3.28. The lowest BCUT2D eigenvalue weighted by atomic mass is 10.1. The van der Waals surface area contributed by atoms with E-state index < -0.39 is 5.92 Å². The van der Waals surface area contributed by atoms with Crippen molar-refractivity contribution in [2.75, 3.05) is 31.6 Å². The van der Waals surface area contributed by atoms with Gasteiger partial charge in [0.15, 0.2) is 0 Å². The molecule has 0 radical (unpaired) electrons. The fourth-order valence-corrected chi connectivity index (χ4v) is 3.45. The number of benzene rings is 1. The van der Waals surface area contributed by atoms with E-state index in [2.05, 4.69) is 12.2 Å². The van der Waals surface area contributed by atoms with E-state index >= 15 is 0 Å². The smallest absolute Gasteiger partial charge is 0.239 e. The number of hydrogen-bond donors (Lipinski definition) is 1. The molecule has 2 aliphatic heterocycles. The molecule has 0 bridgehead atoms. The first kappa shape index (κ1) is 16.0. The molecular formula is C18H25N3O2. The summed E-state index contributed by atoms with van der Waals surface area (Å²) in [6.45, 7) is 6.49. The molecule has 2 amide bonds. The van der Waals surface area contributed by atoms with Crippen LogP contribution in [0.15, 0.2) is 18.2 Å². The van der Waals surface area contributed by atoms with Crippen LogP contribution in [0, 0.1) is 19.8 Å². The minimum absolute atomic E-state index is 0.0324. The predicted octanol–water partition coefficient (Wildman–Crippen LogP) is 1.48. The SMILES string of the molecule is Cc1ccc(N2CC[C@@H](C(=O)N(C)[C@H]3CCNC3)C2=O)cc1C. The molecule has 1 aromatic carbocycles. The Morgan fingerprint density at radius 3 is 2.70 bits per heavy atom. The summed E-state index contributed by atoms with van der Waals surface area (Å²) >= 11 is 0. The Morgan fingerprint density at radius 2 is 2.04 bits per heavy atom. The maximum atomic E-state index is 12.7. The molecule has 23 heavy (non-hydrogen) atoms. The van der Waals surface area contributed by atoms with E-state index in [1.165, 1.54) is 11.1 Å². The van der Waals surface area contributed by atoms with Crippen LogP contribution in [0.3, 0.4) is 0 Å². The Hall–Kier alpha value is -1.88. The van der Waals surface area contributed by atoms with Crippen LogP contribution in [0.25, 0.3) is 0 Å². The summed E-state index contributed by atoms with van der Waals surface area (Å²) in [5, 5.41) is 3.27. The van der Waals surface area contributed by atoms with E-state index in [0.717, 1.165) is 25.2 Å². The number of anilines is 1. The molecule has 0 saturated carbocycles. The topological polar surface area (TPSA) is 52.7 Å². The predicted molar refractivity (Wildman–Crippen MR) is 90.4 cm³/mol. The standard InChI is InChI=1S/C18H25N3O2/c1-12-4-5-14(10-13(12)2)21-9-7-16(18(21)23)17(22)20(3)15-6-8-19-11-15/h4-5,10,15-16,19H,6-9,11H2,1-3H3/t15-,16-/m0/s1. The molecular weight excluding hydrogens is 290 g/mol. The molecule has 2 saturated heterocycles. The molecule has 0 aliphatic carbocycles. The molecule has 2 heterocycles. The van der Waals surface area contributed by atoms with Crippen molar-refractivity contribution in [1.29, 1.82) is 0 Å². The van der Waals surface area contributed by atoms with Crippen LogP contribution in [-0.2, 0) is 9.59 Å². The molecule has 1 aromatic rings. The minimum Gasteiger partial charge on any atom is -0.341 e. The maximum Gasteiger partial charge on any atom is 0.239 e. The molecule has 3 rings (SSSR count). The third-order valence-corrected chi connectivity index (χ3v) is 5.24. The number of aryl methyl sites for hydroxylation is 2. The largest absolute Gasteiger partial charge is 0.341 e. The highest BCUT2D eigenvalue weighted by Crippen LogP contribution is 2.28. The zero-order valence-corrected chi connectivity index (χ0v) is 14.1. The summed E-state index contributed by atoms with van der Waals surface area (Å²) in [6.07, 6.45) is 1.57. The fraction of sp³-hybridized carbons (Fsp3) is 0.556. The van der Waals surface area contributed by atoms with Crippen molar-refractivity contribution >= 4 is 17.5 Å². The highest BCUT2D eigenvalue weighted by molar-refractivity contribution is 6.09. The molecule has 0 spiro atoms. The van der Waals surface area contributed by atoms with Gasteiger partial charge in [0, 0.05) is 31.9 Å². The van der Waals surface area contributed by atoms with Crippen molar-refractivity contribution in [3.8, 4) is 0 Å². The van der Waals surface area contributed by atoms with Crippen LogP contribution >= 0.6 is 0 Å². The van der Waals surface area contributed by atoms with Gasteiger partial charge in [-0.2, -0.15) is 0 Å². The first-order chi connectivity index (χ1) is 11.0. The number of nitrogens with one attached hydrogen (secondary N) is 1. The van der Waals surface area contributed by atoms with Gasteiger partial charge in [-0.25, -0.2) is 0 Å². The zero-order chi connectivity index (χ0) is 16.6. The number of carbonyl (C=O) groups excluding carboxylic acids is 2. The van der Waals surface area contributed by atoms with Crippen LogP contribution in [0.5, 0.6) is 0 Å². The molecule has 2 aliphatic rings. The average molecular weight is 315 g/mol. The molecule has 5 heteroatoms. The number of likely N-dealkylation sites (N-methyl/N-ethyl adjacent to an activating group) is 1. The zero-order valence-electron chi connectivity index (χ0n) is 14.1. The fourth-order valence-electron chi connectivity index (χ4n) is 3.45. The number of amides is 2. The second-order valence-corrected chi connectivity index (χ2v) is 6.70. The van der Waals surface area contributed by atoms with Gasteiger partial charge in [-0.3, -0.25) is 9.59 Å². The van der Waals surface area contributed by atoms with Crippen molar-refractivity contribution < 1.29 is 9.59 Å². The number of nitrogens with zero attached hydrogens (tertiary/aromatic N) is 2. The van der Waals surface area contributed by atoms with Crippen LogP contribution < -0.4 is 10.2 Å². The van der Waals surface area contributed by atoms with Gasteiger partial charge in [0.1, 0.15) is 5.92 Å². The first-order valence-electron chi connectivity index (χ1n) is 8.35. The van der Waals surface area contributed by atoms with Crippen LogP contribution in [0.2, 0.25) is 0 Å². The van der Waals surface area contributed by atoms with Gasteiger partial charge in [0.2, 0.25) is 11.8 Å². The van der Waals surface area contributed by atoms with Crippen molar-refractivity contribution in [2.45, 2.75) is 32.7 Å². The van der Waals surface area contributed by atoms with Crippen molar-refractivity contribution in [2.24, 2.45) is 5.92 Å². The van der Waals surface area contributed by atoms with Crippen molar-refractivity contribution in [3.63, 3.8) is 0 Å². The highest BCUT2D eigenvalue weighted by Gasteiger charge is 2.40. The second-order valence-electron chi connectivity index (χ2n) is 6.70. The van der Waals surface area contributed by atoms with Crippen LogP contribution in [0.1, 0.15) is 24.0 Å². The number of rotatable bonds is 3. The monoisotopic (exact) mass is 315 g/mol. The Kier molecular flexibility index (Phi) is 4.39. The average Bonchev–Trinajstić information content (AvgIpc) is 3.18. The molecule has 2 atom stereocenters. The lowest BCUT2D eigenvalue weighted by molar-refractivity contribution is -0.140. The van der Waals surface area contributed by atoms with Gasteiger partial charge in [-0.1, -0.05) is 6.07 Å². The minimum atomic E-state index is -0.526. The third-order valence-electron chi connectivity index (χ3n) is 5.24. The maximum absolute atomic E-state index is 12.7. The summed E-state index contributed by atoms with van der Waals surface area (Å²) in [4.78, 5) is 28.9. The first-order valence-corrected chi connectivity index (χ1v) is 8.35. The van der Waals surface area contributed by atoms with Gasteiger partial charge in [-0.05, 0) is 56.5 Å². The van der Waals surface area contributed by atoms with Gasteiger partial charge >= 0.3 is 0 Å². The molecule has 1 N–H and O–H groups in total. The molecule has 124 valence electrons. The van der Waals surface area contributed by atoms with Gasteiger partial charge in [0.05, 0.1) is 0 Å². The summed E-state index contributed by atoms with van der Waals surface area (Å²) in [7, 11) is 1.83. The highest BCUT2D eigenvalue weighted by atomic mass is 16.2. The van der Waals surface area contributed by atoms with Crippen LogP contribution in [0.4, 0.5) is 5.69 Å². The Morgan fingerprint density at radius 1 is 1.26 bits per heavy atom. The lowest BCUT2D eigenvalue weighted by Crippen LogP contribution is -2.44. The Balaban J connectivity index is 1.73. The van der Waals surface area contributed by atoms with Gasteiger partial charge in [0.25, 0.3) is 0 Å². The second kappa shape index (κ2) is 6.32. The van der Waals surface area contributed by atoms with E-state index in [1.807, 2.05) is 32.2 Å². The van der Waals surface area contributed by atoms with E-state index in [0.29, 0.717) is 13.0 Å². The molecule has 0 unspecified atom stereocenters. The van der Waals surface area contributed by atoms with E-state index in [1.54, 1.807) is 9.80 Å². The van der Waals surface area contributed by atoms with E-state index in [-0.39, 0.29) is 17.9 Å².